The summed E-state index contributed by atoms with van der Waals surface area (Å²) in [6, 6.07) is 0. The standard InChI is InChI=1S/C15H25NOS/c1-5-6-7-8-9-12-11(4)13(15(16)18-12)14(17)10(2)3/h10H,5-9,16H2,1-4H3. The van der Waals surface area contributed by atoms with Crippen molar-refractivity contribution in [1.82, 2.24) is 0 Å². The van der Waals surface area contributed by atoms with Gasteiger partial charge in [0, 0.05) is 10.8 Å². The summed E-state index contributed by atoms with van der Waals surface area (Å²) < 4.78 is 0. The van der Waals surface area contributed by atoms with Crippen LogP contribution in [0, 0.1) is 12.8 Å². The Bertz CT molecular complexity index is 407. The highest BCUT2D eigenvalue weighted by Gasteiger charge is 2.21. The fourth-order valence-electron chi connectivity index (χ4n) is 2.13. The topological polar surface area (TPSA) is 43.1 Å². The summed E-state index contributed by atoms with van der Waals surface area (Å²) in [5.74, 6) is 0.203. The summed E-state index contributed by atoms with van der Waals surface area (Å²) >= 11 is 1.60. The second-order valence-corrected chi connectivity index (χ2v) is 6.36. The maximum Gasteiger partial charge on any atom is 0.168 e. The van der Waals surface area contributed by atoms with Gasteiger partial charge in [-0.3, -0.25) is 4.79 Å². The van der Waals surface area contributed by atoms with Gasteiger partial charge in [-0.25, -0.2) is 0 Å². The van der Waals surface area contributed by atoms with E-state index in [9.17, 15) is 4.79 Å². The Balaban J connectivity index is 2.78. The number of anilines is 1. The van der Waals surface area contributed by atoms with Crippen LogP contribution < -0.4 is 5.73 Å². The smallest absolute Gasteiger partial charge is 0.168 e. The predicted octanol–water partition coefficient (Wildman–Crippen LogP) is 4.60. The molecule has 0 saturated heterocycles. The van der Waals surface area contributed by atoms with E-state index in [2.05, 4.69) is 6.92 Å². The van der Waals surface area contributed by atoms with E-state index < -0.39 is 0 Å². The van der Waals surface area contributed by atoms with Crippen LogP contribution in [-0.4, -0.2) is 5.78 Å². The number of unbranched alkanes of at least 4 members (excludes halogenated alkanes) is 3. The third kappa shape index (κ3) is 3.58. The van der Waals surface area contributed by atoms with E-state index in [0.29, 0.717) is 5.00 Å². The summed E-state index contributed by atoms with van der Waals surface area (Å²) in [4.78, 5) is 13.4. The van der Waals surface area contributed by atoms with Gasteiger partial charge in [-0.15, -0.1) is 11.3 Å². The van der Waals surface area contributed by atoms with Crippen molar-refractivity contribution in [2.45, 2.75) is 59.8 Å². The molecule has 0 bridgehead atoms. The van der Waals surface area contributed by atoms with Crippen molar-refractivity contribution in [3.8, 4) is 0 Å². The van der Waals surface area contributed by atoms with E-state index in [1.54, 1.807) is 11.3 Å². The van der Waals surface area contributed by atoms with Gasteiger partial charge in [0.25, 0.3) is 0 Å². The van der Waals surface area contributed by atoms with Crippen LogP contribution in [0.3, 0.4) is 0 Å². The Hall–Kier alpha value is -0.830. The SMILES string of the molecule is CCCCCCc1sc(N)c(C(=O)C(C)C)c1C. The molecule has 0 aliphatic heterocycles. The summed E-state index contributed by atoms with van der Waals surface area (Å²) in [5, 5.41) is 0.705. The van der Waals surface area contributed by atoms with Crippen LogP contribution in [-0.2, 0) is 6.42 Å². The number of nitrogens with two attached hydrogens (primary N) is 1. The van der Waals surface area contributed by atoms with E-state index >= 15 is 0 Å². The average molecular weight is 267 g/mol. The van der Waals surface area contributed by atoms with Gasteiger partial charge in [-0.1, -0.05) is 40.0 Å². The molecule has 0 aromatic carbocycles. The molecule has 18 heavy (non-hydrogen) atoms. The first-order valence-corrected chi connectivity index (χ1v) is 7.72. The van der Waals surface area contributed by atoms with E-state index in [1.165, 1.54) is 30.6 Å². The fraction of sp³-hybridized carbons (Fsp3) is 0.667. The van der Waals surface area contributed by atoms with Gasteiger partial charge in [0.1, 0.15) is 0 Å². The summed E-state index contributed by atoms with van der Waals surface area (Å²) in [6.07, 6.45) is 6.07. The zero-order chi connectivity index (χ0) is 13.7. The Kier molecular flexibility index (Phi) is 5.86. The molecule has 1 heterocycles. The predicted molar refractivity (Wildman–Crippen MR) is 80.5 cm³/mol. The highest BCUT2D eigenvalue weighted by Crippen LogP contribution is 2.33. The molecular formula is C15H25NOS. The number of nitrogen functional groups attached to an aromatic ring is 1. The number of thiophene rings is 1. The van der Waals surface area contributed by atoms with Gasteiger partial charge in [-0.05, 0) is 25.3 Å². The van der Waals surface area contributed by atoms with E-state index in [0.717, 1.165) is 17.5 Å². The molecule has 1 aromatic heterocycles. The number of rotatable bonds is 7. The first-order chi connectivity index (χ1) is 8.49. The van der Waals surface area contributed by atoms with Gasteiger partial charge in [0.15, 0.2) is 5.78 Å². The van der Waals surface area contributed by atoms with Gasteiger partial charge >= 0.3 is 0 Å². The molecule has 2 nitrogen and oxygen atoms in total. The van der Waals surface area contributed by atoms with Crippen molar-refractivity contribution < 1.29 is 4.79 Å². The Morgan fingerprint density at radius 3 is 2.50 bits per heavy atom. The highest BCUT2D eigenvalue weighted by molar-refractivity contribution is 7.16. The lowest BCUT2D eigenvalue weighted by molar-refractivity contribution is 0.0940. The zero-order valence-electron chi connectivity index (χ0n) is 12.0. The number of ketones is 1. The minimum Gasteiger partial charge on any atom is -0.390 e. The second kappa shape index (κ2) is 6.93. The molecule has 0 aliphatic rings. The molecule has 0 saturated carbocycles. The summed E-state index contributed by atoms with van der Waals surface area (Å²) in [5.41, 5.74) is 7.91. The molecule has 3 heteroatoms. The molecule has 1 aromatic rings. The average Bonchev–Trinajstić information content (AvgIpc) is 2.59. The number of carbonyl (C=O) groups excluding carboxylic acids is 1. The maximum atomic E-state index is 12.1. The Morgan fingerprint density at radius 2 is 1.94 bits per heavy atom. The normalized spacial score (nSPS) is 11.2. The van der Waals surface area contributed by atoms with Crippen molar-refractivity contribution in [3.63, 3.8) is 0 Å². The second-order valence-electron chi connectivity index (χ2n) is 5.22. The molecule has 0 aliphatic carbocycles. The first kappa shape index (κ1) is 15.2. The molecule has 1 rings (SSSR count). The van der Waals surface area contributed by atoms with E-state index in [4.69, 9.17) is 5.73 Å². The minimum atomic E-state index is 0.0218. The summed E-state index contributed by atoms with van der Waals surface area (Å²) in [6.45, 7) is 8.12. The van der Waals surface area contributed by atoms with Crippen molar-refractivity contribution in [1.29, 1.82) is 0 Å². The lowest BCUT2D eigenvalue weighted by atomic mass is 9.98. The number of carbonyl (C=O) groups is 1. The Labute approximate surface area is 115 Å². The third-order valence-electron chi connectivity index (χ3n) is 3.30. The number of hydrogen-bond acceptors (Lipinski definition) is 3. The monoisotopic (exact) mass is 267 g/mol. The number of hydrogen-bond donors (Lipinski definition) is 1. The van der Waals surface area contributed by atoms with Crippen LogP contribution in [0.4, 0.5) is 5.00 Å². The van der Waals surface area contributed by atoms with Crippen LogP contribution in [0.1, 0.15) is 67.3 Å². The molecule has 0 radical (unpaired) electrons. The molecule has 0 atom stereocenters. The van der Waals surface area contributed by atoms with Crippen LogP contribution in [0.15, 0.2) is 0 Å². The van der Waals surface area contributed by atoms with Crippen molar-refractivity contribution in [2.75, 3.05) is 5.73 Å². The molecule has 2 N–H and O–H groups in total. The molecule has 0 spiro atoms. The largest absolute Gasteiger partial charge is 0.390 e. The molecule has 0 amide bonds. The minimum absolute atomic E-state index is 0.0218. The zero-order valence-corrected chi connectivity index (χ0v) is 12.8. The highest BCUT2D eigenvalue weighted by atomic mass is 32.1. The van der Waals surface area contributed by atoms with Crippen LogP contribution in [0.2, 0.25) is 0 Å². The van der Waals surface area contributed by atoms with Crippen LogP contribution in [0.25, 0.3) is 0 Å². The van der Waals surface area contributed by atoms with Crippen molar-refractivity contribution in [3.05, 3.63) is 16.0 Å². The maximum absolute atomic E-state index is 12.1. The van der Waals surface area contributed by atoms with Crippen LogP contribution >= 0.6 is 11.3 Å². The van der Waals surface area contributed by atoms with E-state index in [1.807, 2.05) is 20.8 Å². The van der Waals surface area contributed by atoms with Gasteiger partial charge in [0.05, 0.1) is 10.6 Å². The summed E-state index contributed by atoms with van der Waals surface area (Å²) in [7, 11) is 0. The van der Waals surface area contributed by atoms with Crippen LogP contribution in [0.5, 0.6) is 0 Å². The first-order valence-electron chi connectivity index (χ1n) is 6.91. The lowest BCUT2D eigenvalue weighted by Gasteiger charge is -2.05. The fourth-order valence-corrected chi connectivity index (χ4v) is 3.25. The molecule has 0 unspecified atom stereocenters. The van der Waals surface area contributed by atoms with Gasteiger partial charge in [-0.2, -0.15) is 0 Å². The molecule has 0 fully saturated rings. The molecule has 102 valence electrons. The Morgan fingerprint density at radius 1 is 1.28 bits per heavy atom. The molecular weight excluding hydrogens is 242 g/mol. The van der Waals surface area contributed by atoms with Crippen molar-refractivity contribution >= 4 is 22.1 Å². The van der Waals surface area contributed by atoms with E-state index in [-0.39, 0.29) is 11.7 Å². The van der Waals surface area contributed by atoms with Gasteiger partial charge < -0.3 is 5.73 Å². The van der Waals surface area contributed by atoms with Gasteiger partial charge in [0.2, 0.25) is 0 Å². The number of Topliss-reactive ketones (excluding diaryl/α,β-unsaturated/α-hetero) is 1. The third-order valence-corrected chi connectivity index (χ3v) is 4.48. The van der Waals surface area contributed by atoms with Crippen molar-refractivity contribution in [2.24, 2.45) is 5.92 Å². The lowest BCUT2D eigenvalue weighted by Crippen LogP contribution is -2.10. The number of aryl methyl sites for hydroxylation is 1. The quantitative estimate of drug-likeness (QED) is 0.579.